The Balaban J connectivity index is 2.99. The highest BCUT2D eigenvalue weighted by atomic mass is 32.2. The number of methoxy groups -OCH3 is 1. The zero-order valence-electron chi connectivity index (χ0n) is 11.1. The van der Waals surface area contributed by atoms with E-state index in [4.69, 9.17) is 10.5 Å². The second-order valence-electron chi connectivity index (χ2n) is 4.94. The molecule has 5 nitrogen and oxygen atoms in total. The van der Waals surface area contributed by atoms with Crippen molar-refractivity contribution in [3.8, 4) is 5.75 Å². The highest BCUT2D eigenvalue weighted by Gasteiger charge is 2.20. The van der Waals surface area contributed by atoms with Crippen LogP contribution in [0.1, 0.15) is 19.4 Å². The number of sulfonamides is 1. The van der Waals surface area contributed by atoms with Gasteiger partial charge < -0.3 is 10.5 Å². The molecule has 0 amide bonds. The number of hydrogen-bond acceptors (Lipinski definition) is 4. The van der Waals surface area contributed by atoms with E-state index < -0.39 is 15.6 Å². The molecule has 0 heterocycles. The fourth-order valence-corrected chi connectivity index (χ4v) is 2.86. The SMILES string of the molecule is COc1ccc(S(=O)(=O)NCC(C)(C)N)c(C)c1. The van der Waals surface area contributed by atoms with E-state index in [0.29, 0.717) is 11.3 Å². The van der Waals surface area contributed by atoms with E-state index in [-0.39, 0.29) is 11.4 Å². The molecule has 0 aliphatic rings. The van der Waals surface area contributed by atoms with E-state index in [9.17, 15) is 8.42 Å². The van der Waals surface area contributed by atoms with Gasteiger partial charge in [-0.05, 0) is 44.5 Å². The number of rotatable bonds is 5. The number of nitrogens with two attached hydrogens (primary N) is 1. The Labute approximate surface area is 108 Å². The normalized spacial score (nSPS) is 12.5. The number of hydrogen-bond donors (Lipinski definition) is 2. The molecule has 0 fully saturated rings. The fraction of sp³-hybridized carbons (Fsp3) is 0.500. The molecule has 102 valence electrons. The van der Waals surface area contributed by atoms with Gasteiger partial charge in [0.2, 0.25) is 10.0 Å². The van der Waals surface area contributed by atoms with Crippen LogP contribution in [0, 0.1) is 6.92 Å². The third-order valence-electron chi connectivity index (χ3n) is 2.39. The third-order valence-corrected chi connectivity index (χ3v) is 3.95. The van der Waals surface area contributed by atoms with Crippen molar-refractivity contribution in [1.82, 2.24) is 4.72 Å². The van der Waals surface area contributed by atoms with Crippen LogP contribution < -0.4 is 15.2 Å². The van der Waals surface area contributed by atoms with Crippen LogP contribution >= 0.6 is 0 Å². The van der Waals surface area contributed by atoms with Gasteiger partial charge in [-0.25, -0.2) is 13.1 Å². The summed E-state index contributed by atoms with van der Waals surface area (Å²) in [6.45, 7) is 5.43. The van der Waals surface area contributed by atoms with E-state index in [0.717, 1.165) is 0 Å². The highest BCUT2D eigenvalue weighted by molar-refractivity contribution is 7.89. The topological polar surface area (TPSA) is 81.4 Å². The third kappa shape index (κ3) is 3.97. The fourth-order valence-electron chi connectivity index (χ4n) is 1.41. The van der Waals surface area contributed by atoms with Gasteiger partial charge in [-0.2, -0.15) is 0 Å². The molecule has 0 aliphatic carbocycles. The quantitative estimate of drug-likeness (QED) is 0.838. The van der Waals surface area contributed by atoms with Gasteiger partial charge in [-0.3, -0.25) is 0 Å². The molecule has 1 rings (SSSR count). The van der Waals surface area contributed by atoms with Crippen molar-refractivity contribution in [2.75, 3.05) is 13.7 Å². The lowest BCUT2D eigenvalue weighted by molar-refractivity contribution is 0.414. The molecule has 6 heteroatoms. The van der Waals surface area contributed by atoms with Crippen LogP contribution in [0.2, 0.25) is 0 Å². The summed E-state index contributed by atoms with van der Waals surface area (Å²) in [5.74, 6) is 0.630. The predicted octanol–water partition coefficient (Wildman–Crippen LogP) is 1.02. The van der Waals surface area contributed by atoms with Gasteiger partial charge in [0, 0.05) is 12.1 Å². The van der Waals surface area contributed by atoms with E-state index in [1.807, 2.05) is 0 Å². The van der Waals surface area contributed by atoms with Crippen molar-refractivity contribution in [1.29, 1.82) is 0 Å². The van der Waals surface area contributed by atoms with Crippen LogP contribution in [0.5, 0.6) is 5.75 Å². The summed E-state index contributed by atoms with van der Waals surface area (Å²) >= 11 is 0. The average Bonchev–Trinajstić information content (AvgIpc) is 2.25. The summed E-state index contributed by atoms with van der Waals surface area (Å²) in [5, 5.41) is 0. The predicted molar refractivity (Wildman–Crippen MR) is 71.2 cm³/mol. The lowest BCUT2D eigenvalue weighted by atomic mass is 10.1. The molecule has 3 N–H and O–H groups in total. The van der Waals surface area contributed by atoms with E-state index in [1.165, 1.54) is 13.2 Å². The maximum Gasteiger partial charge on any atom is 0.240 e. The molecule has 0 radical (unpaired) electrons. The van der Waals surface area contributed by atoms with E-state index >= 15 is 0 Å². The maximum atomic E-state index is 12.1. The van der Waals surface area contributed by atoms with Gasteiger partial charge in [0.1, 0.15) is 5.75 Å². The summed E-state index contributed by atoms with van der Waals surface area (Å²) in [6.07, 6.45) is 0. The Morgan fingerprint density at radius 2 is 2.00 bits per heavy atom. The standard InChI is InChI=1S/C12H20N2O3S/c1-9-7-10(17-4)5-6-11(9)18(15,16)14-8-12(2,3)13/h5-7,14H,8,13H2,1-4H3. The molecule has 1 aromatic rings. The van der Waals surface area contributed by atoms with Gasteiger partial charge in [-0.1, -0.05) is 0 Å². The molecule has 0 saturated carbocycles. The van der Waals surface area contributed by atoms with Crippen LogP contribution in [-0.4, -0.2) is 27.6 Å². The molecular weight excluding hydrogens is 252 g/mol. The maximum absolute atomic E-state index is 12.1. The largest absolute Gasteiger partial charge is 0.497 e. The lowest BCUT2D eigenvalue weighted by Crippen LogP contribution is -2.45. The first-order valence-electron chi connectivity index (χ1n) is 5.59. The number of benzene rings is 1. The Kier molecular flexibility index (Phi) is 4.37. The molecule has 0 spiro atoms. The van der Waals surface area contributed by atoms with Crippen LogP contribution in [-0.2, 0) is 10.0 Å². The van der Waals surface area contributed by atoms with E-state index in [1.54, 1.807) is 32.9 Å². The van der Waals surface area contributed by atoms with Crippen LogP contribution in [0.15, 0.2) is 23.1 Å². The monoisotopic (exact) mass is 272 g/mol. The summed E-state index contributed by atoms with van der Waals surface area (Å²) in [4.78, 5) is 0.243. The average molecular weight is 272 g/mol. The molecule has 0 bridgehead atoms. The van der Waals surface area contributed by atoms with Crippen LogP contribution in [0.3, 0.4) is 0 Å². The molecular formula is C12H20N2O3S. The van der Waals surface area contributed by atoms with Gasteiger partial charge in [0.25, 0.3) is 0 Å². The minimum Gasteiger partial charge on any atom is -0.497 e. The summed E-state index contributed by atoms with van der Waals surface area (Å²) in [7, 11) is -1.99. The lowest BCUT2D eigenvalue weighted by Gasteiger charge is -2.19. The van der Waals surface area contributed by atoms with Crippen molar-refractivity contribution in [3.05, 3.63) is 23.8 Å². The van der Waals surface area contributed by atoms with Gasteiger partial charge >= 0.3 is 0 Å². The number of aryl methyl sites for hydroxylation is 1. The van der Waals surface area contributed by atoms with Crippen LogP contribution in [0.25, 0.3) is 0 Å². The summed E-state index contributed by atoms with van der Waals surface area (Å²) in [6, 6.07) is 4.83. The zero-order valence-corrected chi connectivity index (χ0v) is 12.0. The Hall–Kier alpha value is -1.11. The van der Waals surface area contributed by atoms with Crippen molar-refractivity contribution < 1.29 is 13.2 Å². The number of ether oxygens (including phenoxy) is 1. The first-order chi connectivity index (χ1) is 8.15. The van der Waals surface area contributed by atoms with Crippen molar-refractivity contribution in [2.45, 2.75) is 31.2 Å². The highest BCUT2D eigenvalue weighted by Crippen LogP contribution is 2.20. The second kappa shape index (κ2) is 5.26. The van der Waals surface area contributed by atoms with E-state index in [2.05, 4.69) is 4.72 Å². The molecule has 0 aliphatic heterocycles. The first-order valence-corrected chi connectivity index (χ1v) is 7.07. The summed E-state index contributed by atoms with van der Waals surface area (Å²) < 4.78 is 31.7. The van der Waals surface area contributed by atoms with Crippen molar-refractivity contribution in [3.63, 3.8) is 0 Å². The van der Waals surface area contributed by atoms with Gasteiger partial charge in [-0.15, -0.1) is 0 Å². The Morgan fingerprint density at radius 1 is 1.39 bits per heavy atom. The van der Waals surface area contributed by atoms with Crippen molar-refractivity contribution in [2.24, 2.45) is 5.73 Å². The molecule has 0 atom stereocenters. The molecule has 0 unspecified atom stereocenters. The molecule has 0 saturated heterocycles. The zero-order chi connectivity index (χ0) is 14.0. The van der Waals surface area contributed by atoms with Crippen LogP contribution in [0.4, 0.5) is 0 Å². The van der Waals surface area contributed by atoms with Gasteiger partial charge in [0.05, 0.1) is 12.0 Å². The van der Waals surface area contributed by atoms with Crippen molar-refractivity contribution >= 4 is 10.0 Å². The Morgan fingerprint density at radius 3 is 2.44 bits per heavy atom. The minimum absolute atomic E-state index is 0.181. The smallest absolute Gasteiger partial charge is 0.240 e. The summed E-state index contributed by atoms with van der Waals surface area (Å²) in [5.41, 5.74) is 5.80. The van der Waals surface area contributed by atoms with Gasteiger partial charge in [0.15, 0.2) is 0 Å². The first kappa shape index (κ1) is 14.9. The Bertz CT molecular complexity index is 519. The minimum atomic E-state index is -3.53. The number of nitrogens with one attached hydrogen (secondary N) is 1. The molecule has 1 aromatic carbocycles. The second-order valence-corrected chi connectivity index (χ2v) is 6.68. The molecule has 18 heavy (non-hydrogen) atoms. The molecule has 0 aromatic heterocycles.